The molecular weight excluding hydrogens is 218 g/mol. The van der Waals surface area contributed by atoms with Crippen LogP contribution < -0.4 is 5.73 Å². The van der Waals surface area contributed by atoms with E-state index in [1.807, 2.05) is 24.3 Å². The SMILES string of the molecule is CCCCCS(=O)Cc1ccc(CN)cc1. The quantitative estimate of drug-likeness (QED) is 0.743. The van der Waals surface area contributed by atoms with E-state index < -0.39 is 10.8 Å². The molecule has 0 saturated heterocycles. The van der Waals surface area contributed by atoms with Crippen LogP contribution in [-0.2, 0) is 23.1 Å². The van der Waals surface area contributed by atoms with E-state index in [9.17, 15) is 4.21 Å². The van der Waals surface area contributed by atoms with Crippen molar-refractivity contribution < 1.29 is 4.21 Å². The molecule has 0 aliphatic rings. The number of nitrogens with two attached hydrogens (primary N) is 1. The molecule has 1 unspecified atom stereocenters. The van der Waals surface area contributed by atoms with Crippen LogP contribution in [0.4, 0.5) is 0 Å². The summed E-state index contributed by atoms with van der Waals surface area (Å²) in [5.41, 5.74) is 7.79. The molecule has 0 fully saturated rings. The summed E-state index contributed by atoms with van der Waals surface area (Å²) in [5, 5.41) is 0. The van der Waals surface area contributed by atoms with Crippen molar-refractivity contribution in [3.63, 3.8) is 0 Å². The summed E-state index contributed by atoms with van der Waals surface area (Å²) in [4.78, 5) is 0. The van der Waals surface area contributed by atoms with Gasteiger partial charge in [-0.25, -0.2) is 0 Å². The maximum absolute atomic E-state index is 11.7. The predicted octanol–water partition coefficient (Wildman–Crippen LogP) is 2.58. The van der Waals surface area contributed by atoms with Crippen molar-refractivity contribution in [1.29, 1.82) is 0 Å². The first kappa shape index (κ1) is 13.4. The first-order valence-corrected chi connectivity index (χ1v) is 7.38. The molecule has 90 valence electrons. The van der Waals surface area contributed by atoms with E-state index in [0.29, 0.717) is 12.3 Å². The van der Waals surface area contributed by atoms with Gasteiger partial charge >= 0.3 is 0 Å². The maximum Gasteiger partial charge on any atom is 0.0485 e. The highest BCUT2D eigenvalue weighted by molar-refractivity contribution is 7.84. The standard InChI is InChI=1S/C13H21NOS/c1-2-3-4-9-16(15)11-13-7-5-12(10-14)6-8-13/h5-8H,2-4,9-11,14H2,1H3. The van der Waals surface area contributed by atoms with E-state index in [1.165, 1.54) is 12.8 Å². The van der Waals surface area contributed by atoms with Crippen LogP contribution in [0.2, 0.25) is 0 Å². The lowest BCUT2D eigenvalue weighted by molar-refractivity contribution is 0.676. The van der Waals surface area contributed by atoms with Crippen molar-refractivity contribution in [1.82, 2.24) is 0 Å². The number of hydrogen-bond acceptors (Lipinski definition) is 2. The Bertz CT molecular complexity index is 321. The van der Waals surface area contributed by atoms with E-state index in [0.717, 1.165) is 23.3 Å². The third kappa shape index (κ3) is 4.90. The molecule has 1 aromatic rings. The Morgan fingerprint density at radius 2 is 1.75 bits per heavy atom. The second-order valence-corrected chi connectivity index (χ2v) is 5.59. The number of rotatable bonds is 7. The third-order valence-corrected chi connectivity index (χ3v) is 3.96. The van der Waals surface area contributed by atoms with Crippen LogP contribution in [0.5, 0.6) is 0 Å². The molecule has 0 aromatic heterocycles. The normalized spacial score (nSPS) is 12.6. The highest BCUT2D eigenvalue weighted by Gasteiger charge is 2.01. The van der Waals surface area contributed by atoms with Gasteiger partial charge in [-0.05, 0) is 17.5 Å². The summed E-state index contributed by atoms with van der Waals surface area (Å²) in [6, 6.07) is 8.08. The molecule has 3 heteroatoms. The Kier molecular flexibility index (Phi) is 6.34. The van der Waals surface area contributed by atoms with Gasteiger partial charge in [-0.2, -0.15) is 0 Å². The second-order valence-electron chi connectivity index (χ2n) is 4.02. The van der Waals surface area contributed by atoms with Gasteiger partial charge in [-0.1, -0.05) is 44.0 Å². The lowest BCUT2D eigenvalue weighted by Crippen LogP contribution is -2.02. The van der Waals surface area contributed by atoms with Crippen molar-refractivity contribution in [3.8, 4) is 0 Å². The molecule has 1 aromatic carbocycles. The summed E-state index contributed by atoms with van der Waals surface area (Å²) in [6.07, 6.45) is 3.43. The average Bonchev–Trinajstić information content (AvgIpc) is 2.30. The number of hydrogen-bond donors (Lipinski definition) is 1. The van der Waals surface area contributed by atoms with Gasteiger partial charge in [-0.15, -0.1) is 0 Å². The molecule has 2 nitrogen and oxygen atoms in total. The van der Waals surface area contributed by atoms with Crippen molar-refractivity contribution in [2.45, 2.75) is 38.5 Å². The molecule has 0 aliphatic heterocycles. The monoisotopic (exact) mass is 239 g/mol. The number of benzene rings is 1. The molecule has 0 radical (unpaired) electrons. The van der Waals surface area contributed by atoms with E-state index in [4.69, 9.17) is 5.73 Å². The first-order valence-electron chi connectivity index (χ1n) is 5.89. The molecule has 16 heavy (non-hydrogen) atoms. The lowest BCUT2D eigenvalue weighted by atomic mass is 10.1. The Balaban J connectivity index is 2.37. The van der Waals surface area contributed by atoms with Gasteiger partial charge in [0, 0.05) is 28.9 Å². The van der Waals surface area contributed by atoms with Crippen LogP contribution in [0.3, 0.4) is 0 Å². The minimum absolute atomic E-state index is 0.569. The third-order valence-electron chi connectivity index (χ3n) is 2.56. The first-order chi connectivity index (χ1) is 7.76. The van der Waals surface area contributed by atoms with Crippen LogP contribution in [0.1, 0.15) is 37.3 Å². The van der Waals surface area contributed by atoms with Crippen LogP contribution in [-0.4, -0.2) is 9.96 Å². The van der Waals surface area contributed by atoms with E-state index in [1.54, 1.807) is 0 Å². The summed E-state index contributed by atoms with van der Waals surface area (Å²) in [5.74, 6) is 1.50. The second kappa shape index (κ2) is 7.58. The smallest absolute Gasteiger partial charge is 0.0485 e. The summed E-state index contributed by atoms with van der Waals surface area (Å²) in [6.45, 7) is 2.73. The topological polar surface area (TPSA) is 43.1 Å². The Morgan fingerprint density at radius 3 is 2.31 bits per heavy atom. The van der Waals surface area contributed by atoms with Gasteiger partial charge < -0.3 is 5.73 Å². The van der Waals surface area contributed by atoms with E-state index in [-0.39, 0.29) is 0 Å². The molecule has 0 bridgehead atoms. The zero-order valence-electron chi connectivity index (χ0n) is 9.95. The van der Waals surface area contributed by atoms with Gasteiger partial charge in [0.2, 0.25) is 0 Å². The molecule has 0 spiro atoms. The lowest BCUT2D eigenvalue weighted by Gasteiger charge is -2.03. The Labute approximate surface area is 101 Å². The zero-order chi connectivity index (χ0) is 11.8. The highest BCUT2D eigenvalue weighted by Crippen LogP contribution is 2.08. The van der Waals surface area contributed by atoms with Gasteiger partial charge in [0.1, 0.15) is 0 Å². The largest absolute Gasteiger partial charge is 0.326 e. The van der Waals surface area contributed by atoms with Gasteiger partial charge in [-0.3, -0.25) is 4.21 Å². The van der Waals surface area contributed by atoms with E-state index >= 15 is 0 Å². The van der Waals surface area contributed by atoms with Crippen molar-refractivity contribution in [2.75, 3.05) is 5.75 Å². The molecule has 0 amide bonds. The fourth-order valence-corrected chi connectivity index (χ4v) is 2.78. The van der Waals surface area contributed by atoms with Crippen molar-refractivity contribution in [2.24, 2.45) is 5.73 Å². The van der Waals surface area contributed by atoms with Gasteiger partial charge in [0.25, 0.3) is 0 Å². The van der Waals surface area contributed by atoms with Crippen LogP contribution in [0, 0.1) is 0 Å². The molecule has 1 atom stereocenters. The van der Waals surface area contributed by atoms with Gasteiger partial charge in [0.15, 0.2) is 0 Å². The maximum atomic E-state index is 11.7. The highest BCUT2D eigenvalue weighted by atomic mass is 32.2. The van der Waals surface area contributed by atoms with Crippen molar-refractivity contribution in [3.05, 3.63) is 35.4 Å². The Morgan fingerprint density at radius 1 is 1.12 bits per heavy atom. The fourth-order valence-electron chi connectivity index (χ4n) is 1.54. The summed E-state index contributed by atoms with van der Waals surface area (Å²) in [7, 11) is -0.712. The van der Waals surface area contributed by atoms with Crippen LogP contribution >= 0.6 is 0 Å². The molecule has 1 rings (SSSR count). The van der Waals surface area contributed by atoms with Crippen molar-refractivity contribution >= 4 is 10.8 Å². The average molecular weight is 239 g/mol. The van der Waals surface area contributed by atoms with Crippen LogP contribution in [0.25, 0.3) is 0 Å². The minimum Gasteiger partial charge on any atom is -0.326 e. The predicted molar refractivity (Wildman–Crippen MR) is 70.6 cm³/mol. The molecular formula is C13H21NOS. The summed E-state index contributed by atoms with van der Waals surface area (Å²) < 4.78 is 11.7. The molecule has 0 saturated carbocycles. The van der Waals surface area contributed by atoms with E-state index in [2.05, 4.69) is 6.92 Å². The number of unbranched alkanes of at least 4 members (excludes halogenated alkanes) is 2. The zero-order valence-corrected chi connectivity index (χ0v) is 10.8. The Hall–Kier alpha value is -0.670. The molecule has 0 heterocycles. The molecule has 2 N–H and O–H groups in total. The van der Waals surface area contributed by atoms with Gasteiger partial charge in [0.05, 0.1) is 0 Å². The molecule has 0 aliphatic carbocycles. The summed E-state index contributed by atoms with van der Waals surface area (Å²) >= 11 is 0. The minimum atomic E-state index is -0.712. The van der Waals surface area contributed by atoms with Crippen LogP contribution in [0.15, 0.2) is 24.3 Å². The fraction of sp³-hybridized carbons (Fsp3) is 0.538.